The molecule has 0 saturated heterocycles. The van der Waals surface area contributed by atoms with E-state index in [0.29, 0.717) is 5.56 Å². The first kappa shape index (κ1) is 18.5. The van der Waals surface area contributed by atoms with Gasteiger partial charge in [-0.05, 0) is 37.1 Å². The SMILES string of the molecule is COc1ccc(C(C)C(=O)NCC(C)(C(=O)O)c2ccccc2)cc1. The highest BCUT2D eigenvalue weighted by molar-refractivity contribution is 5.86. The molecule has 0 heterocycles. The van der Waals surface area contributed by atoms with E-state index in [1.165, 1.54) is 0 Å². The average molecular weight is 341 g/mol. The van der Waals surface area contributed by atoms with Gasteiger partial charge >= 0.3 is 5.97 Å². The molecule has 0 bridgehead atoms. The number of amides is 1. The number of aliphatic carboxylic acids is 1. The first-order chi connectivity index (χ1) is 11.9. The number of carboxylic acid groups (broad SMARTS) is 1. The van der Waals surface area contributed by atoms with E-state index in [9.17, 15) is 14.7 Å². The Balaban J connectivity index is 2.09. The molecule has 2 unspecified atom stereocenters. The number of methoxy groups -OCH3 is 1. The molecule has 0 saturated carbocycles. The lowest BCUT2D eigenvalue weighted by Crippen LogP contribution is -2.45. The van der Waals surface area contributed by atoms with Crippen LogP contribution in [0.25, 0.3) is 0 Å². The van der Waals surface area contributed by atoms with Gasteiger partial charge in [0.25, 0.3) is 0 Å². The van der Waals surface area contributed by atoms with Crippen LogP contribution in [0.15, 0.2) is 54.6 Å². The fourth-order valence-electron chi connectivity index (χ4n) is 2.57. The summed E-state index contributed by atoms with van der Waals surface area (Å²) in [7, 11) is 1.58. The zero-order chi connectivity index (χ0) is 18.4. The molecule has 5 nitrogen and oxygen atoms in total. The quantitative estimate of drug-likeness (QED) is 0.812. The molecule has 1 amide bonds. The van der Waals surface area contributed by atoms with Crippen molar-refractivity contribution in [3.8, 4) is 5.75 Å². The Hall–Kier alpha value is -2.82. The molecule has 2 N–H and O–H groups in total. The standard InChI is InChI=1S/C20H23NO4/c1-14(15-9-11-17(25-3)12-10-15)18(22)21-13-20(2,19(23)24)16-7-5-4-6-8-16/h4-12,14H,13H2,1-3H3,(H,21,22)(H,23,24). The Bertz CT molecular complexity index is 727. The van der Waals surface area contributed by atoms with Crippen molar-refractivity contribution in [3.63, 3.8) is 0 Å². The van der Waals surface area contributed by atoms with Gasteiger partial charge in [-0.3, -0.25) is 9.59 Å². The maximum atomic E-state index is 12.5. The molecular formula is C20H23NO4. The first-order valence-electron chi connectivity index (χ1n) is 8.09. The Morgan fingerprint density at radius 1 is 1.12 bits per heavy atom. The highest BCUT2D eigenvalue weighted by atomic mass is 16.5. The van der Waals surface area contributed by atoms with E-state index in [1.54, 1.807) is 57.4 Å². The van der Waals surface area contributed by atoms with Crippen LogP contribution in [0, 0.1) is 0 Å². The lowest BCUT2D eigenvalue weighted by Gasteiger charge is -2.26. The van der Waals surface area contributed by atoms with Gasteiger partial charge in [0.1, 0.15) is 11.2 Å². The minimum absolute atomic E-state index is 0.0195. The molecule has 25 heavy (non-hydrogen) atoms. The Morgan fingerprint density at radius 2 is 1.72 bits per heavy atom. The molecule has 0 aliphatic carbocycles. The molecule has 0 aliphatic heterocycles. The van der Waals surface area contributed by atoms with E-state index < -0.39 is 11.4 Å². The number of rotatable bonds is 7. The minimum atomic E-state index is -1.18. The van der Waals surface area contributed by atoms with Crippen molar-refractivity contribution < 1.29 is 19.4 Å². The van der Waals surface area contributed by atoms with E-state index in [0.717, 1.165) is 11.3 Å². The average Bonchev–Trinajstić information content (AvgIpc) is 2.65. The highest BCUT2D eigenvalue weighted by Crippen LogP contribution is 2.24. The van der Waals surface area contributed by atoms with Crippen molar-refractivity contribution in [3.05, 3.63) is 65.7 Å². The van der Waals surface area contributed by atoms with E-state index in [4.69, 9.17) is 4.74 Å². The minimum Gasteiger partial charge on any atom is -0.497 e. The molecule has 2 aromatic carbocycles. The fraction of sp³-hybridized carbons (Fsp3) is 0.300. The summed E-state index contributed by atoms with van der Waals surface area (Å²) in [4.78, 5) is 24.2. The van der Waals surface area contributed by atoms with E-state index in [1.807, 2.05) is 18.2 Å². The van der Waals surface area contributed by atoms with Crippen LogP contribution in [-0.2, 0) is 15.0 Å². The van der Waals surface area contributed by atoms with E-state index in [-0.39, 0.29) is 18.4 Å². The third-order valence-corrected chi connectivity index (χ3v) is 4.51. The van der Waals surface area contributed by atoms with Crippen molar-refractivity contribution in [2.75, 3.05) is 13.7 Å². The fourth-order valence-corrected chi connectivity index (χ4v) is 2.57. The van der Waals surface area contributed by atoms with Gasteiger partial charge in [0, 0.05) is 6.54 Å². The van der Waals surface area contributed by atoms with E-state index >= 15 is 0 Å². The first-order valence-corrected chi connectivity index (χ1v) is 8.09. The number of hydrogen-bond donors (Lipinski definition) is 2. The zero-order valence-corrected chi connectivity index (χ0v) is 14.7. The van der Waals surface area contributed by atoms with Gasteiger partial charge in [-0.2, -0.15) is 0 Å². The second-order valence-electron chi connectivity index (χ2n) is 6.22. The number of carboxylic acids is 1. The van der Waals surface area contributed by atoms with Crippen LogP contribution in [-0.4, -0.2) is 30.6 Å². The highest BCUT2D eigenvalue weighted by Gasteiger charge is 2.35. The molecule has 2 atom stereocenters. The lowest BCUT2D eigenvalue weighted by molar-refractivity contribution is -0.143. The van der Waals surface area contributed by atoms with Crippen LogP contribution in [0.2, 0.25) is 0 Å². The second kappa shape index (κ2) is 7.83. The van der Waals surface area contributed by atoms with Crippen molar-refractivity contribution in [1.82, 2.24) is 5.32 Å². The Morgan fingerprint density at radius 3 is 2.24 bits per heavy atom. The maximum Gasteiger partial charge on any atom is 0.315 e. The third-order valence-electron chi connectivity index (χ3n) is 4.51. The third kappa shape index (κ3) is 4.18. The summed E-state index contributed by atoms with van der Waals surface area (Å²) >= 11 is 0. The van der Waals surface area contributed by atoms with Crippen molar-refractivity contribution in [2.45, 2.75) is 25.2 Å². The van der Waals surface area contributed by atoms with Gasteiger partial charge in [-0.25, -0.2) is 0 Å². The van der Waals surface area contributed by atoms with Crippen molar-refractivity contribution >= 4 is 11.9 Å². The smallest absolute Gasteiger partial charge is 0.315 e. The summed E-state index contributed by atoms with van der Waals surface area (Å²) in [6, 6.07) is 16.2. The molecule has 5 heteroatoms. The van der Waals surface area contributed by atoms with Crippen LogP contribution >= 0.6 is 0 Å². The summed E-state index contributed by atoms with van der Waals surface area (Å²) in [6.07, 6.45) is 0. The van der Waals surface area contributed by atoms with Gasteiger partial charge in [0.15, 0.2) is 0 Å². The van der Waals surface area contributed by atoms with Crippen molar-refractivity contribution in [1.29, 1.82) is 0 Å². The van der Waals surface area contributed by atoms with Gasteiger partial charge in [0.2, 0.25) is 5.91 Å². The van der Waals surface area contributed by atoms with Crippen LogP contribution in [0.5, 0.6) is 5.75 Å². The van der Waals surface area contributed by atoms with Crippen LogP contribution in [0.3, 0.4) is 0 Å². The molecule has 0 fully saturated rings. The predicted octanol–water partition coefficient (Wildman–Crippen LogP) is 2.96. The largest absolute Gasteiger partial charge is 0.497 e. The van der Waals surface area contributed by atoms with Gasteiger partial charge in [0.05, 0.1) is 13.0 Å². The van der Waals surface area contributed by atoms with E-state index in [2.05, 4.69) is 5.32 Å². The molecular weight excluding hydrogens is 318 g/mol. The maximum absolute atomic E-state index is 12.5. The normalized spacial score (nSPS) is 14.2. The van der Waals surface area contributed by atoms with Gasteiger partial charge < -0.3 is 15.2 Å². The molecule has 2 rings (SSSR count). The molecule has 0 spiro atoms. The topological polar surface area (TPSA) is 75.6 Å². The monoisotopic (exact) mass is 341 g/mol. The predicted molar refractivity (Wildman–Crippen MR) is 95.8 cm³/mol. The number of ether oxygens (including phenoxy) is 1. The van der Waals surface area contributed by atoms with Crippen LogP contribution in [0.4, 0.5) is 0 Å². The number of benzene rings is 2. The summed E-state index contributed by atoms with van der Waals surface area (Å²) in [5, 5.41) is 12.4. The molecule has 2 aromatic rings. The molecule has 0 aromatic heterocycles. The van der Waals surface area contributed by atoms with Gasteiger partial charge in [-0.1, -0.05) is 42.5 Å². The summed E-state index contributed by atoms with van der Waals surface area (Å²) in [6.45, 7) is 3.42. The molecule has 0 radical (unpaired) electrons. The number of carbonyl (C=O) groups is 2. The molecule has 132 valence electrons. The second-order valence-corrected chi connectivity index (χ2v) is 6.22. The zero-order valence-electron chi connectivity index (χ0n) is 14.7. The molecule has 0 aliphatic rings. The number of hydrogen-bond acceptors (Lipinski definition) is 3. The number of nitrogens with one attached hydrogen (secondary N) is 1. The Labute approximate surface area is 147 Å². The summed E-state index contributed by atoms with van der Waals surface area (Å²) < 4.78 is 5.11. The van der Waals surface area contributed by atoms with Crippen LogP contribution in [0.1, 0.15) is 30.9 Å². The van der Waals surface area contributed by atoms with Crippen LogP contribution < -0.4 is 10.1 Å². The lowest BCUT2D eigenvalue weighted by atomic mass is 9.82. The van der Waals surface area contributed by atoms with Gasteiger partial charge in [-0.15, -0.1) is 0 Å². The van der Waals surface area contributed by atoms with Crippen molar-refractivity contribution in [2.24, 2.45) is 0 Å². The summed E-state index contributed by atoms with van der Waals surface area (Å²) in [5.41, 5.74) is 0.311. The summed E-state index contributed by atoms with van der Waals surface area (Å²) in [5.74, 6) is -0.858. The Kier molecular flexibility index (Phi) is 5.80. The number of carbonyl (C=O) groups excluding carboxylic acids is 1.